The zero-order chi connectivity index (χ0) is 13.1. The van der Waals surface area contributed by atoms with E-state index >= 15 is 0 Å². The summed E-state index contributed by atoms with van der Waals surface area (Å²) in [6.45, 7) is 0. The molecular formula is C12H11BrClN4+. The van der Waals surface area contributed by atoms with Crippen LogP contribution in [0.4, 0.5) is 0 Å². The monoisotopic (exact) mass is 325 g/mol. The number of hydrogen-bond acceptors (Lipinski definition) is 2. The van der Waals surface area contributed by atoms with Crippen molar-refractivity contribution >= 4 is 27.5 Å². The number of aromatic nitrogens is 3. The van der Waals surface area contributed by atoms with Gasteiger partial charge in [-0.25, -0.2) is 4.98 Å². The molecule has 2 aromatic rings. The van der Waals surface area contributed by atoms with Crippen LogP contribution in [0.15, 0.2) is 22.8 Å². The molecule has 0 aliphatic carbocycles. The van der Waals surface area contributed by atoms with Crippen LogP contribution >= 0.6 is 27.5 Å². The Balaban J connectivity index is 2.38. The second kappa shape index (κ2) is 5.51. The molecule has 6 heteroatoms. The molecule has 0 fully saturated rings. The highest BCUT2D eigenvalue weighted by Gasteiger charge is 2.17. The number of pyridine rings is 1. The highest BCUT2D eigenvalue weighted by Crippen LogP contribution is 2.24. The van der Waals surface area contributed by atoms with Crippen LogP contribution in [-0.2, 0) is 13.5 Å². The minimum absolute atomic E-state index is 0.504. The van der Waals surface area contributed by atoms with Crippen LogP contribution in [0.3, 0.4) is 0 Å². The molecule has 0 saturated heterocycles. The Morgan fingerprint density at radius 2 is 2.33 bits per heavy atom. The van der Waals surface area contributed by atoms with Gasteiger partial charge in [-0.15, -0.1) is 0 Å². The third-order valence-corrected chi connectivity index (χ3v) is 3.64. The van der Waals surface area contributed by atoms with Gasteiger partial charge in [0.05, 0.1) is 10.2 Å². The Hall–Kier alpha value is -1.38. The van der Waals surface area contributed by atoms with Crippen molar-refractivity contribution in [1.29, 1.82) is 0 Å². The molecular weight excluding hydrogens is 316 g/mol. The van der Waals surface area contributed by atoms with E-state index in [4.69, 9.17) is 11.6 Å². The van der Waals surface area contributed by atoms with Gasteiger partial charge in [0.2, 0.25) is 5.69 Å². The lowest BCUT2D eigenvalue weighted by atomic mass is 10.1. The molecule has 0 aromatic carbocycles. The molecule has 2 heterocycles. The molecule has 0 radical (unpaired) electrons. The van der Waals surface area contributed by atoms with Gasteiger partial charge in [0, 0.05) is 19.7 Å². The van der Waals surface area contributed by atoms with Crippen molar-refractivity contribution in [2.24, 2.45) is 7.05 Å². The first-order valence-electron chi connectivity index (χ1n) is 5.29. The van der Waals surface area contributed by atoms with E-state index in [-0.39, 0.29) is 0 Å². The van der Waals surface area contributed by atoms with Crippen LogP contribution < -0.4 is 0 Å². The molecule has 0 aliphatic rings. The van der Waals surface area contributed by atoms with Gasteiger partial charge in [-0.2, -0.15) is 5.10 Å². The molecule has 0 amide bonds. The Kier molecular flexibility index (Phi) is 4.00. The third kappa shape index (κ3) is 2.55. The maximum Gasteiger partial charge on any atom is 0.331 e. The molecule has 0 atom stereocenters. The van der Waals surface area contributed by atoms with E-state index in [1.807, 2.05) is 19.2 Å². The molecule has 92 valence electrons. The Morgan fingerprint density at radius 3 is 3.00 bits per heavy atom. The van der Waals surface area contributed by atoms with Gasteiger partial charge in [-0.05, 0) is 27.6 Å². The highest BCUT2D eigenvalue weighted by molar-refractivity contribution is 9.10. The van der Waals surface area contributed by atoms with Gasteiger partial charge >= 0.3 is 6.07 Å². The summed E-state index contributed by atoms with van der Waals surface area (Å²) in [6.07, 6.45) is 2.29. The maximum atomic E-state index is 6.04. The van der Waals surface area contributed by atoms with Gasteiger partial charge in [-0.1, -0.05) is 22.5 Å². The van der Waals surface area contributed by atoms with E-state index in [1.54, 1.807) is 17.9 Å². The molecule has 4 nitrogen and oxygen atoms in total. The minimum Gasteiger partial charge on any atom is -0.253 e. The fourth-order valence-corrected chi connectivity index (χ4v) is 2.38. The van der Waals surface area contributed by atoms with Crippen molar-refractivity contribution < 1.29 is 0 Å². The molecule has 0 spiro atoms. The minimum atomic E-state index is 0.504. The van der Waals surface area contributed by atoms with E-state index in [0.717, 1.165) is 21.4 Å². The molecule has 2 rings (SSSR count). The standard InChI is InChI=1S/C12H11BrClN4/c1-15-7-10-11(13)9(17-18(10)2)6-8-4-3-5-16-12(8)14/h3-5H,6H2,1-2H3/q+1. The highest BCUT2D eigenvalue weighted by atomic mass is 79.9. The van der Waals surface area contributed by atoms with Crippen LogP contribution in [0.2, 0.25) is 5.15 Å². The lowest BCUT2D eigenvalue weighted by Gasteiger charge is -2.00. The van der Waals surface area contributed by atoms with Crippen molar-refractivity contribution in [3.05, 3.63) is 49.8 Å². The van der Waals surface area contributed by atoms with Crippen LogP contribution in [0, 0.1) is 6.07 Å². The fourth-order valence-electron chi connectivity index (χ4n) is 1.63. The zero-order valence-corrected chi connectivity index (χ0v) is 12.3. The topological polar surface area (TPSA) is 35.1 Å². The third-order valence-electron chi connectivity index (χ3n) is 2.47. The number of aryl methyl sites for hydroxylation is 1. The van der Waals surface area contributed by atoms with E-state index < -0.39 is 0 Å². The van der Waals surface area contributed by atoms with E-state index in [0.29, 0.717) is 11.6 Å². The summed E-state index contributed by atoms with van der Waals surface area (Å²) < 4.78 is 2.62. The maximum absolute atomic E-state index is 6.04. The normalized spacial score (nSPS) is 10.0. The molecule has 0 unspecified atom stereocenters. The van der Waals surface area contributed by atoms with Gasteiger partial charge < -0.3 is 0 Å². The quantitative estimate of drug-likeness (QED) is 0.795. The van der Waals surface area contributed by atoms with Gasteiger partial charge in [0.25, 0.3) is 7.05 Å². The van der Waals surface area contributed by atoms with Crippen LogP contribution in [0.1, 0.15) is 17.0 Å². The first-order chi connectivity index (χ1) is 8.63. The van der Waals surface area contributed by atoms with E-state index in [1.165, 1.54) is 0 Å². The summed E-state index contributed by atoms with van der Waals surface area (Å²) in [5.41, 5.74) is 2.64. The predicted molar refractivity (Wildman–Crippen MR) is 75.2 cm³/mol. The van der Waals surface area contributed by atoms with Crippen molar-refractivity contribution in [1.82, 2.24) is 14.8 Å². The number of hydrogen-bond donors (Lipinski definition) is 0. The van der Waals surface area contributed by atoms with E-state index in [9.17, 15) is 0 Å². The van der Waals surface area contributed by atoms with Crippen LogP contribution in [0.25, 0.3) is 4.85 Å². The molecule has 0 N–H and O–H groups in total. The molecule has 0 bridgehead atoms. The molecule has 2 aromatic heterocycles. The lowest BCUT2D eigenvalue weighted by molar-refractivity contribution is 0.740. The van der Waals surface area contributed by atoms with Crippen LogP contribution in [0.5, 0.6) is 0 Å². The fraction of sp³-hybridized carbons (Fsp3) is 0.250. The smallest absolute Gasteiger partial charge is 0.253 e. The zero-order valence-electron chi connectivity index (χ0n) is 9.98. The lowest BCUT2D eigenvalue weighted by Crippen LogP contribution is -1.96. The van der Waals surface area contributed by atoms with Crippen molar-refractivity contribution in [3.8, 4) is 6.07 Å². The molecule has 0 aliphatic heterocycles. The summed E-state index contributed by atoms with van der Waals surface area (Å²) in [5, 5.41) is 4.93. The summed E-state index contributed by atoms with van der Waals surface area (Å²) in [5.74, 6) is 0. The first-order valence-corrected chi connectivity index (χ1v) is 6.46. The van der Waals surface area contributed by atoms with Gasteiger partial charge in [-0.3, -0.25) is 4.68 Å². The number of rotatable bonds is 2. The first kappa shape index (κ1) is 13.1. The second-order valence-corrected chi connectivity index (χ2v) is 4.85. The van der Waals surface area contributed by atoms with Gasteiger partial charge in [0.1, 0.15) is 5.15 Å². The molecule has 0 saturated carbocycles. The average molecular weight is 327 g/mol. The summed E-state index contributed by atoms with van der Waals surface area (Å²) in [4.78, 5) is 7.94. The Morgan fingerprint density at radius 1 is 1.56 bits per heavy atom. The Labute approximate surface area is 119 Å². The summed E-state index contributed by atoms with van der Waals surface area (Å²) in [7, 11) is 3.53. The van der Waals surface area contributed by atoms with Crippen molar-refractivity contribution in [2.45, 2.75) is 6.42 Å². The Bertz CT molecular complexity index is 639. The van der Waals surface area contributed by atoms with Crippen molar-refractivity contribution in [2.75, 3.05) is 7.05 Å². The molecule has 18 heavy (non-hydrogen) atoms. The SMILES string of the molecule is C[N+]#Cc1c(Br)c(Cc2cccnc2Cl)nn1C. The largest absolute Gasteiger partial charge is 0.331 e. The predicted octanol–water partition coefficient (Wildman–Crippen LogP) is 3.13. The van der Waals surface area contributed by atoms with E-state index in [2.05, 4.69) is 36.9 Å². The number of halogens is 2. The summed E-state index contributed by atoms with van der Waals surface area (Å²) >= 11 is 9.55. The van der Waals surface area contributed by atoms with Crippen LogP contribution in [-0.4, -0.2) is 21.8 Å². The number of nitrogens with zero attached hydrogens (tertiary/aromatic N) is 4. The second-order valence-electron chi connectivity index (χ2n) is 3.70. The van der Waals surface area contributed by atoms with Crippen molar-refractivity contribution in [3.63, 3.8) is 0 Å². The average Bonchev–Trinajstić information content (AvgIpc) is 2.60. The summed E-state index contributed by atoms with van der Waals surface area (Å²) in [6, 6.07) is 6.69. The van der Waals surface area contributed by atoms with Gasteiger partial charge in [0.15, 0.2) is 0 Å².